The van der Waals surface area contributed by atoms with E-state index in [1.54, 1.807) is 6.07 Å². The van der Waals surface area contributed by atoms with Gasteiger partial charge in [0.15, 0.2) is 0 Å². The van der Waals surface area contributed by atoms with Crippen molar-refractivity contribution in [2.75, 3.05) is 17.2 Å². The summed E-state index contributed by atoms with van der Waals surface area (Å²) in [5.74, 6) is 0.0939. The lowest BCUT2D eigenvalue weighted by Crippen LogP contribution is -2.08. The number of benzene rings is 3. The number of nitrogens with one attached hydrogen (secondary N) is 2. The van der Waals surface area contributed by atoms with E-state index in [0.717, 1.165) is 16.8 Å². The minimum Gasteiger partial charge on any atom is -0.423 e. The van der Waals surface area contributed by atoms with Gasteiger partial charge in [-0.15, -0.1) is 0 Å². The number of ether oxygens (including phenoxy) is 1. The highest BCUT2D eigenvalue weighted by Gasteiger charge is 2.14. The maximum atomic E-state index is 14.3. The fraction of sp³-hybridized carbons (Fsp3) is 0.0909. The highest BCUT2D eigenvalue weighted by molar-refractivity contribution is 6.37. The Morgan fingerprint density at radius 1 is 1.06 bits per heavy atom. The molecule has 0 bridgehead atoms. The monoisotopic (exact) mass is 434 g/mol. The second-order valence-corrected chi connectivity index (χ2v) is 6.81. The molecule has 2 N–H and O–H groups in total. The molecule has 0 aliphatic heterocycles. The molecule has 7 nitrogen and oxygen atoms in total. The molecule has 4 aromatic rings. The first-order valence-corrected chi connectivity index (χ1v) is 9.77. The molecule has 0 unspecified atom stereocenters. The Labute approximate surface area is 182 Å². The van der Waals surface area contributed by atoms with E-state index in [2.05, 4.69) is 25.6 Å². The van der Waals surface area contributed by atoms with Gasteiger partial charge in [-0.25, -0.2) is 4.39 Å². The average molecular weight is 435 g/mol. The molecule has 0 saturated heterocycles. The van der Waals surface area contributed by atoms with Gasteiger partial charge in [-0.3, -0.25) is 0 Å². The van der Waals surface area contributed by atoms with Crippen molar-refractivity contribution < 1.29 is 9.13 Å². The van der Waals surface area contributed by atoms with Crippen molar-refractivity contribution in [3.05, 3.63) is 71.0 Å². The molecule has 9 heteroatoms. The van der Waals surface area contributed by atoms with Gasteiger partial charge in [-0.05, 0) is 36.6 Å². The summed E-state index contributed by atoms with van der Waals surface area (Å²) in [6.45, 7) is 2.45. The van der Waals surface area contributed by atoms with Crippen LogP contribution in [0, 0.1) is 17.1 Å². The molecule has 0 radical (unpaired) electrons. The predicted octanol–water partition coefficient (Wildman–Crippen LogP) is 5.66. The van der Waals surface area contributed by atoms with Crippen molar-refractivity contribution in [3.63, 3.8) is 0 Å². The van der Waals surface area contributed by atoms with Crippen LogP contribution in [0.3, 0.4) is 0 Å². The van der Waals surface area contributed by atoms with Crippen LogP contribution in [-0.2, 0) is 0 Å². The van der Waals surface area contributed by atoms with Crippen LogP contribution in [0.25, 0.3) is 10.8 Å². The van der Waals surface area contributed by atoms with E-state index in [0.29, 0.717) is 17.3 Å². The molecule has 31 heavy (non-hydrogen) atoms. The average Bonchev–Trinajstić information content (AvgIpc) is 2.77. The van der Waals surface area contributed by atoms with Crippen LogP contribution >= 0.6 is 11.6 Å². The third-order valence-corrected chi connectivity index (χ3v) is 4.71. The van der Waals surface area contributed by atoms with Crippen molar-refractivity contribution in [3.8, 4) is 17.8 Å². The van der Waals surface area contributed by atoms with Gasteiger partial charge in [-0.1, -0.05) is 41.9 Å². The molecule has 3 aromatic carbocycles. The van der Waals surface area contributed by atoms with Gasteiger partial charge in [-0.2, -0.15) is 20.2 Å². The first-order valence-electron chi connectivity index (χ1n) is 9.39. The molecule has 0 atom stereocenters. The van der Waals surface area contributed by atoms with Crippen LogP contribution in [-0.4, -0.2) is 21.5 Å². The Kier molecular flexibility index (Phi) is 5.78. The number of rotatable bonds is 6. The summed E-state index contributed by atoms with van der Waals surface area (Å²) < 4.78 is 20.1. The molecule has 154 valence electrons. The Morgan fingerprint density at radius 3 is 2.65 bits per heavy atom. The van der Waals surface area contributed by atoms with Crippen molar-refractivity contribution in [1.29, 1.82) is 5.26 Å². The van der Waals surface area contributed by atoms with Crippen LogP contribution in [0.1, 0.15) is 12.5 Å². The van der Waals surface area contributed by atoms with Crippen molar-refractivity contribution in [1.82, 2.24) is 15.0 Å². The van der Waals surface area contributed by atoms with Gasteiger partial charge >= 0.3 is 6.01 Å². The van der Waals surface area contributed by atoms with E-state index in [1.807, 2.05) is 43.3 Å². The molecule has 0 saturated carbocycles. The zero-order valence-electron chi connectivity index (χ0n) is 16.4. The minimum absolute atomic E-state index is 0.0142. The summed E-state index contributed by atoms with van der Waals surface area (Å²) in [5, 5.41) is 16.9. The third kappa shape index (κ3) is 4.47. The van der Waals surface area contributed by atoms with Gasteiger partial charge < -0.3 is 15.4 Å². The number of halogens is 2. The Hall–Kier alpha value is -3.96. The van der Waals surface area contributed by atoms with Crippen molar-refractivity contribution >= 4 is 40.0 Å². The number of aromatic nitrogens is 3. The summed E-state index contributed by atoms with van der Waals surface area (Å²) in [6, 6.07) is 17.2. The van der Waals surface area contributed by atoms with Gasteiger partial charge in [0.1, 0.15) is 11.6 Å². The minimum atomic E-state index is -0.607. The molecule has 0 spiro atoms. The van der Waals surface area contributed by atoms with E-state index < -0.39 is 5.82 Å². The number of hydrogen-bond donors (Lipinski definition) is 2. The number of nitriles is 1. The molecular formula is C22H16ClFN6O. The third-order valence-electron chi connectivity index (χ3n) is 4.32. The predicted molar refractivity (Wildman–Crippen MR) is 117 cm³/mol. The van der Waals surface area contributed by atoms with E-state index in [-0.39, 0.29) is 29.2 Å². The second-order valence-electron chi connectivity index (χ2n) is 6.43. The lowest BCUT2D eigenvalue weighted by Gasteiger charge is -2.12. The number of fused-ring (bicyclic) bond motifs is 1. The van der Waals surface area contributed by atoms with Crippen LogP contribution in [0.2, 0.25) is 5.02 Å². The largest absolute Gasteiger partial charge is 0.423 e. The van der Waals surface area contributed by atoms with Crippen LogP contribution in [0.15, 0.2) is 54.6 Å². The summed E-state index contributed by atoms with van der Waals surface area (Å²) >= 11 is 6.51. The van der Waals surface area contributed by atoms with E-state index in [9.17, 15) is 4.39 Å². The highest BCUT2D eigenvalue weighted by atomic mass is 35.5. The standard InChI is InChI=1S/C22H16ClFN6O/c1-2-26-20-28-21(27-17-9-7-13(12-25)11-16(17)24)30-22(29-20)31-18-10-8-14-5-3-4-6-15(14)19(18)23/h3-11H,2H2,1H3,(H2,26,27,28,29,30). The quantitative estimate of drug-likeness (QED) is 0.404. The maximum absolute atomic E-state index is 14.3. The van der Waals surface area contributed by atoms with Gasteiger partial charge in [0, 0.05) is 11.9 Å². The molecule has 0 aliphatic rings. The van der Waals surface area contributed by atoms with Gasteiger partial charge in [0.05, 0.1) is 22.3 Å². The number of nitrogens with zero attached hydrogens (tertiary/aromatic N) is 4. The normalized spacial score (nSPS) is 10.5. The molecule has 0 aliphatic carbocycles. The molecule has 1 heterocycles. The van der Waals surface area contributed by atoms with E-state index in [4.69, 9.17) is 21.6 Å². The first kappa shape index (κ1) is 20.3. The van der Waals surface area contributed by atoms with E-state index >= 15 is 0 Å². The maximum Gasteiger partial charge on any atom is 0.328 e. The fourth-order valence-electron chi connectivity index (χ4n) is 2.89. The lowest BCUT2D eigenvalue weighted by molar-refractivity contribution is 0.442. The molecule has 0 fully saturated rings. The smallest absolute Gasteiger partial charge is 0.328 e. The number of hydrogen-bond acceptors (Lipinski definition) is 7. The molecule has 1 aromatic heterocycles. The Morgan fingerprint density at radius 2 is 1.87 bits per heavy atom. The Bertz CT molecular complexity index is 1310. The zero-order chi connectivity index (χ0) is 21.8. The summed E-state index contributed by atoms with van der Waals surface area (Å²) in [7, 11) is 0. The van der Waals surface area contributed by atoms with Crippen LogP contribution in [0.5, 0.6) is 11.8 Å². The van der Waals surface area contributed by atoms with Gasteiger partial charge in [0.2, 0.25) is 11.9 Å². The SMILES string of the molecule is CCNc1nc(Nc2ccc(C#N)cc2F)nc(Oc2ccc3ccccc3c2Cl)n1. The van der Waals surface area contributed by atoms with Crippen molar-refractivity contribution in [2.45, 2.75) is 6.92 Å². The van der Waals surface area contributed by atoms with Crippen LogP contribution < -0.4 is 15.4 Å². The molecular weight excluding hydrogens is 419 g/mol. The fourth-order valence-corrected chi connectivity index (χ4v) is 3.17. The number of anilines is 3. The lowest BCUT2D eigenvalue weighted by atomic mass is 10.1. The Balaban J connectivity index is 1.68. The molecule has 4 rings (SSSR count). The van der Waals surface area contributed by atoms with Gasteiger partial charge in [0.25, 0.3) is 0 Å². The zero-order valence-corrected chi connectivity index (χ0v) is 17.1. The summed E-state index contributed by atoms with van der Waals surface area (Å²) in [6.07, 6.45) is 0. The first-order chi connectivity index (χ1) is 15.1. The van der Waals surface area contributed by atoms with E-state index in [1.165, 1.54) is 12.1 Å². The summed E-state index contributed by atoms with van der Waals surface area (Å²) in [4.78, 5) is 12.7. The highest BCUT2D eigenvalue weighted by Crippen LogP contribution is 2.35. The molecule has 0 amide bonds. The van der Waals surface area contributed by atoms with Crippen LogP contribution in [0.4, 0.5) is 22.0 Å². The van der Waals surface area contributed by atoms with Crippen molar-refractivity contribution in [2.24, 2.45) is 0 Å². The topological polar surface area (TPSA) is 95.8 Å². The summed E-state index contributed by atoms with van der Waals surface area (Å²) in [5.41, 5.74) is 0.323. The second kappa shape index (κ2) is 8.81.